The van der Waals surface area contributed by atoms with E-state index in [-0.39, 0.29) is 31.2 Å². The van der Waals surface area contributed by atoms with Crippen molar-refractivity contribution in [2.45, 2.75) is 63.2 Å². The van der Waals surface area contributed by atoms with Gasteiger partial charge in [0.25, 0.3) is 5.91 Å². The van der Waals surface area contributed by atoms with E-state index in [4.69, 9.17) is 10.1 Å². The molecule has 15 heteroatoms. The number of imide groups is 1. The van der Waals surface area contributed by atoms with Crippen molar-refractivity contribution in [3.05, 3.63) is 107 Å². The van der Waals surface area contributed by atoms with Crippen LogP contribution in [0.2, 0.25) is 0 Å². The summed E-state index contributed by atoms with van der Waals surface area (Å²) in [6.07, 6.45) is 5.89. The number of halogens is 1. The second-order valence-corrected chi connectivity index (χ2v) is 16.2. The van der Waals surface area contributed by atoms with Crippen LogP contribution in [0, 0.1) is 11.0 Å². The molecule has 0 spiro atoms. The average molecular weight is 785 g/mol. The summed E-state index contributed by atoms with van der Waals surface area (Å²) >= 11 is 0. The van der Waals surface area contributed by atoms with E-state index in [0.29, 0.717) is 17.2 Å². The highest BCUT2D eigenvalue weighted by Gasteiger charge is 2.49. The Morgan fingerprint density at radius 2 is 1.64 bits per heavy atom. The zero-order chi connectivity index (χ0) is 39.5. The molecule has 0 bridgehead atoms. The number of piperazine rings is 1. The standard InChI is InChI=1S/C43H45FN10O4/c44-30-5-1-4-28(24-30)35-7-3-17-52(35)40-13-12-38-45-26-36(53(38)48-40)34-6-2-8-39(46-34)51-22-20-50(21-23-51)31-15-18-49(19-16-31)32-10-9-29-27-54(58,43(57)33(29)25-32)37-11-14-41(55)47-42(37)56/h1-2,4-6,8-10,12-13,24-26,31,35,37H,3,7,11,14-23,27H2,(H,47,55,56)/t35-,37?,54?/m1/s1. The van der Waals surface area contributed by atoms with Gasteiger partial charge in [-0.2, -0.15) is 0 Å². The Hall–Kier alpha value is -5.77. The predicted octanol–water partition coefficient (Wildman–Crippen LogP) is 4.84. The van der Waals surface area contributed by atoms with Crippen molar-refractivity contribution in [1.82, 2.24) is 29.8 Å². The Bertz CT molecular complexity index is 2430. The number of hydrogen-bond acceptors (Lipinski definition) is 11. The van der Waals surface area contributed by atoms with Gasteiger partial charge in [-0.05, 0) is 79.8 Å². The van der Waals surface area contributed by atoms with Gasteiger partial charge in [0.15, 0.2) is 11.7 Å². The molecule has 0 saturated carbocycles. The number of nitrogens with zero attached hydrogens (tertiary/aromatic N) is 9. The quantitative estimate of drug-likeness (QED) is 0.138. The van der Waals surface area contributed by atoms with Crippen LogP contribution in [0.1, 0.15) is 66.1 Å². The molecular weight excluding hydrogens is 740 g/mol. The van der Waals surface area contributed by atoms with Crippen molar-refractivity contribution < 1.29 is 23.4 Å². The van der Waals surface area contributed by atoms with E-state index in [1.54, 1.807) is 12.1 Å². The molecule has 10 rings (SSSR count). The van der Waals surface area contributed by atoms with Gasteiger partial charge in [0.2, 0.25) is 5.91 Å². The molecule has 14 nitrogen and oxygen atoms in total. The maximum absolute atomic E-state index is 14.1. The van der Waals surface area contributed by atoms with E-state index in [9.17, 15) is 24.0 Å². The summed E-state index contributed by atoms with van der Waals surface area (Å²) in [7, 11) is 0. The molecule has 5 aliphatic rings. The Labute approximate surface area is 335 Å². The first-order valence-corrected chi connectivity index (χ1v) is 20.4. The molecule has 5 aromatic rings. The molecule has 4 saturated heterocycles. The van der Waals surface area contributed by atoms with Crippen molar-refractivity contribution in [3.8, 4) is 11.4 Å². The van der Waals surface area contributed by atoms with E-state index in [1.165, 1.54) is 6.07 Å². The number of amides is 3. The minimum atomic E-state index is -1.26. The van der Waals surface area contributed by atoms with Gasteiger partial charge in [-0.25, -0.2) is 23.7 Å². The number of hydroxylamine groups is 3. The van der Waals surface area contributed by atoms with Crippen LogP contribution in [0.15, 0.2) is 79.0 Å². The Morgan fingerprint density at radius 1 is 0.810 bits per heavy atom. The molecule has 0 radical (unpaired) electrons. The first-order chi connectivity index (χ1) is 28.2. The summed E-state index contributed by atoms with van der Waals surface area (Å²) in [5.74, 6) is -0.137. The van der Waals surface area contributed by atoms with Crippen molar-refractivity contribution >= 4 is 40.7 Å². The van der Waals surface area contributed by atoms with Gasteiger partial charge >= 0.3 is 5.91 Å². The Kier molecular flexibility index (Phi) is 9.18. The molecule has 3 amide bonds. The van der Waals surface area contributed by atoms with Crippen LogP contribution in [-0.2, 0) is 16.1 Å². The van der Waals surface area contributed by atoms with Crippen molar-refractivity contribution in [3.63, 3.8) is 0 Å². The van der Waals surface area contributed by atoms with Gasteiger partial charge in [0, 0.05) is 75.9 Å². The number of carbonyl (C=O) groups is 3. The number of anilines is 3. The fraction of sp³-hybridized carbons (Fsp3) is 0.395. The summed E-state index contributed by atoms with van der Waals surface area (Å²) in [4.78, 5) is 56.9. The summed E-state index contributed by atoms with van der Waals surface area (Å²) in [5, 5.41) is 21.1. The van der Waals surface area contributed by atoms with E-state index >= 15 is 0 Å². The number of aromatic nitrogens is 4. The zero-order valence-electron chi connectivity index (χ0n) is 32.2. The van der Waals surface area contributed by atoms with Crippen LogP contribution in [0.3, 0.4) is 0 Å². The molecule has 298 valence electrons. The van der Waals surface area contributed by atoms with Crippen LogP contribution >= 0.6 is 0 Å². The number of rotatable bonds is 7. The number of fused-ring (bicyclic) bond motifs is 2. The average Bonchev–Trinajstić information content (AvgIpc) is 3.97. The van der Waals surface area contributed by atoms with Crippen LogP contribution in [-0.4, -0.2) is 105 Å². The lowest BCUT2D eigenvalue weighted by Crippen LogP contribution is -2.60. The molecule has 2 unspecified atom stereocenters. The second-order valence-electron chi connectivity index (χ2n) is 16.2. The van der Waals surface area contributed by atoms with Gasteiger partial charge in [-0.3, -0.25) is 24.5 Å². The number of benzene rings is 2. The van der Waals surface area contributed by atoms with Gasteiger partial charge in [0.1, 0.15) is 29.7 Å². The lowest BCUT2D eigenvalue weighted by atomic mass is 10.0. The summed E-state index contributed by atoms with van der Waals surface area (Å²) < 4.78 is 14.7. The number of nitrogens with one attached hydrogen (secondary N) is 1. The SMILES string of the molecule is O=C1CCC([N+]2([O-])Cc3ccc(N4CCC(N5CCN(c6cccc(-c7cnc8ccc(N9CCC[C@@H]9c9cccc(F)c9)nn78)n6)CC5)CC4)cc3C2=O)C(=O)N1. The van der Waals surface area contributed by atoms with Crippen molar-refractivity contribution in [2.24, 2.45) is 0 Å². The summed E-state index contributed by atoms with van der Waals surface area (Å²) in [5.41, 5.74) is 5.27. The minimum Gasteiger partial charge on any atom is -0.624 e. The zero-order valence-corrected chi connectivity index (χ0v) is 32.2. The number of piperidine rings is 2. The minimum absolute atomic E-state index is 0.0622. The van der Waals surface area contributed by atoms with Crippen LogP contribution < -0.4 is 20.0 Å². The van der Waals surface area contributed by atoms with Crippen LogP contribution in [0.25, 0.3) is 17.0 Å². The van der Waals surface area contributed by atoms with E-state index < -0.39 is 28.4 Å². The molecule has 8 heterocycles. The van der Waals surface area contributed by atoms with Crippen LogP contribution in [0.5, 0.6) is 0 Å². The fourth-order valence-electron chi connectivity index (χ4n) is 9.80. The number of pyridine rings is 1. The summed E-state index contributed by atoms with van der Waals surface area (Å²) in [6, 6.07) is 22.0. The highest BCUT2D eigenvalue weighted by atomic mass is 19.1. The molecule has 58 heavy (non-hydrogen) atoms. The molecule has 5 aliphatic heterocycles. The summed E-state index contributed by atoms with van der Waals surface area (Å²) in [6.45, 7) is 6.00. The van der Waals surface area contributed by atoms with E-state index in [2.05, 4.69) is 36.0 Å². The third-order valence-electron chi connectivity index (χ3n) is 12.9. The molecular formula is C43H45FN10O4. The first-order valence-electron chi connectivity index (χ1n) is 20.4. The smallest absolute Gasteiger partial charge is 0.347 e. The number of imidazole rings is 1. The van der Waals surface area contributed by atoms with Gasteiger partial charge in [-0.1, -0.05) is 24.3 Å². The normalized spacial score (nSPS) is 24.5. The van der Waals surface area contributed by atoms with Crippen LogP contribution in [0.4, 0.5) is 21.7 Å². The Morgan fingerprint density at radius 3 is 2.45 bits per heavy atom. The fourth-order valence-corrected chi connectivity index (χ4v) is 9.80. The van der Waals surface area contributed by atoms with Gasteiger partial charge in [-0.15, -0.1) is 5.10 Å². The lowest BCUT2D eigenvalue weighted by Gasteiger charge is -2.43. The molecule has 3 atom stereocenters. The largest absolute Gasteiger partial charge is 0.624 e. The number of carbonyl (C=O) groups excluding carboxylic acids is 3. The second kappa shape index (κ2) is 14.6. The maximum atomic E-state index is 14.1. The van der Waals surface area contributed by atoms with E-state index in [1.807, 2.05) is 59.2 Å². The topological polar surface area (TPSA) is 142 Å². The van der Waals surface area contributed by atoms with E-state index in [0.717, 1.165) is 111 Å². The highest BCUT2D eigenvalue weighted by molar-refractivity contribution is 6.02. The monoisotopic (exact) mass is 784 g/mol. The molecule has 0 aliphatic carbocycles. The molecule has 2 aromatic carbocycles. The van der Waals surface area contributed by atoms with Crippen molar-refractivity contribution in [2.75, 3.05) is 60.5 Å². The maximum Gasteiger partial charge on any atom is 0.347 e. The highest BCUT2D eigenvalue weighted by Crippen LogP contribution is 2.38. The van der Waals surface area contributed by atoms with Gasteiger partial charge in [0.05, 0.1) is 23.5 Å². The third-order valence-corrected chi connectivity index (χ3v) is 12.9. The molecule has 4 fully saturated rings. The van der Waals surface area contributed by atoms with Crippen molar-refractivity contribution in [1.29, 1.82) is 0 Å². The number of quaternary nitrogens is 1. The Balaban J connectivity index is 0.768. The lowest BCUT2D eigenvalue weighted by molar-refractivity contribution is -0.825. The van der Waals surface area contributed by atoms with Gasteiger partial charge < -0.3 is 19.9 Å². The first kappa shape index (κ1) is 36.6. The molecule has 1 N–H and O–H groups in total. The number of hydrogen-bond donors (Lipinski definition) is 1. The molecule has 3 aromatic heterocycles. The predicted molar refractivity (Wildman–Crippen MR) is 215 cm³/mol. The third kappa shape index (κ3) is 6.46.